The molecule has 0 aliphatic heterocycles. The topological polar surface area (TPSA) is 108 Å². The quantitative estimate of drug-likeness (QED) is 0.403. The van der Waals surface area contributed by atoms with Crippen LogP contribution in [0.3, 0.4) is 0 Å². The second-order valence-corrected chi connectivity index (χ2v) is 9.84. The van der Waals surface area contributed by atoms with Crippen LogP contribution in [0.1, 0.15) is 11.4 Å². The summed E-state index contributed by atoms with van der Waals surface area (Å²) in [6.45, 7) is 1.94. The van der Waals surface area contributed by atoms with Crippen molar-refractivity contribution in [3.05, 3.63) is 65.2 Å². The summed E-state index contributed by atoms with van der Waals surface area (Å²) < 4.78 is 26.7. The lowest BCUT2D eigenvalue weighted by atomic mass is 10.2. The van der Waals surface area contributed by atoms with Gasteiger partial charge in [-0.3, -0.25) is 4.57 Å². The average molecular weight is 462 g/mol. The van der Waals surface area contributed by atoms with E-state index < -0.39 is 9.84 Å². The SMILES string of the molecule is Cc1ccc(-n2cnnc2SCc2nnnn2-c2ccc(S(C)(=O)=O)cc2)cc1Cl. The van der Waals surface area contributed by atoms with Crippen LogP contribution in [0.2, 0.25) is 5.02 Å². The summed E-state index contributed by atoms with van der Waals surface area (Å²) in [7, 11) is -3.27. The molecule has 2 aromatic carbocycles. The predicted molar refractivity (Wildman–Crippen MR) is 113 cm³/mol. The molecular weight excluding hydrogens is 446 g/mol. The number of hydrogen-bond acceptors (Lipinski definition) is 8. The van der Waals surface area contributed by atoms with Crippen LogP contribution in [0.4, 0.5) is 0 Å². The summed E-state index contributed by atoms with van der Waals surface area (Å²) in [5.74, 6) is 1.02. The number of hydrogen-bond donors (Lipinski definition) is 0. The molecule has 0 amide bonds. The van der Waals surface area contributed by atoms with Crippen molar-refractivity contribution in [1.82, 2.24) is 35.0 Å². The molecule has 0 bridgehead atoms. The Labute approximate surface area is 182 Å². The van der Waals surface area contributed by atoms with Crippen LogP contribution in [-0.2, 0) is 15.6 Å². The molecule has 0 aliphatic rings. The molecule has 0 unspecified atom stereocenters. The molecular formula is C18H16ClN7O2S2. The van der Waals surface area contributed by atoms with Crippen molar-refractivity contribution < 1.29 is 8.42 Å². The number of halogens is 1. The van der Waals surface area contributed by atoms with Crippen molar-refractivity contribution in [2.45, 2.75) is 22.7 Å². The van der Waals surface area contributed by atoms with Crippen LogP contribution >= 0.6 is 23.4 Å². The van der Waals surface area contributed by atoms with E-state index >= 15 is 0 Å². The molecule has 4 rings (SSSR count). The summed E-state index contributed by atoms with van der Waals surface area (Å²) in [5.41, 5.74) is 2.51. The fraction of sp³-hybridized carbons (Fsp3) is 0.167. The number of sulfone groups is 1. The van der Waals surface area contributed by atoms with Gasteiger partial charge in [-0.15, -0.1) is 15.3 Å². The van der Waals surface area contributed by atoms with Crippen LogP contribution in [0.5, 0.6) is 0 Å². The fourth-order valence-electron chi connectivity index (χ4n) is 2.69. The summed E-state index contributed by atoms with van der Waals surface area (Å²) in [5, 5.41) is 21.3. The Hall–Kier alpha value is -2.76. The Balaban J connectivity index is 1.55. The molecule has 154 valence electrons. The van der Waals surface area contributed by atoms with Crippen molar-refractivity contribution >= 4 is 33.2 Å². The Morgan fingerprint density at radius 1 is 1.07 bits per heavy atom. The first kappa shape index (κ1) is 20.5. The first-order chi connectivity index (χ1) is 14.3. The molecule has 0 saturated carbocycles. The Morgan fingerprint density at radius 3 is 2.50 bits per heavy atom. The van der Waals surface area contributed by atoms with Gasteiger partial charge in [-0.25, -0.2) is 8.42 Å². The van der Waals surface area contributed by atoms with E-state index in [1.807, 2.05) is 29.7 Å². The van der Waals surface area contributed by atoms with Gasteiger partial charge in [0.05, 0.1) is 22.0 Å². The van der Waals surface area contributed by atoms with Gasteiger partial charge in [0.2, 0.25) is 0 Å². The largest absolute Gasteiger partial charge is 0.277 e. The third-order valence-corrected chi connectivity index (χ3v) is 6.80. The van der Waals surface area contributed by atoms with Gasteiger partial charge in [0.25, 0.3) is 0 Å². The normalized spacial score (nSPS) is 11.7. The number of nitrogens with zero attached hydrogens (tertiary/aromatic N) is 7. The highest BCUT2D eigenvalue weighted by molar-refractivity contribution is 7.98. The van der Waals surface area contributed by atoms with Gasteiger partial charge in [0.15, 0.2) is 20.8 Å². The molecule has 0 saturated heterocycles. The zero-order valence-electron chi connectivity index (χ0n) is 16.0. The Morgan fingerprint density at radius 2 is 1.80 bits per heavy atom. The van der Waals surface area contributed by atoms with Gasteiger partial charge >= 0.3 is 0 Å². The van der Waals surface area contributed by atoms with Crippen LogP contribution < -0.4 is 0 Å². The lowest BCUT2D eigenvalue weighted by Gasteiger charge is -2.08. The zero-order chi connectivity index (χ0) is 21.3. The van der Waals surface area contributed by atoms with Gasteiger partial charge in [0.1, 0.15) is 6.33 Å². The maximum absolute atomic E-state index is 11.6. The first-order valence-electron chi connectivity index (χ1n) is 8.70. The van der Waals surface area contributed by atoms with Crippen LogP contribution in [0.25, 0.3) is 11.4 Å². The monoisotopic (exact) mass is 461 g/mol. The molecule has 9 nitrogen and oxygen atoms in total. The number of aromatic nitrogens is 7. The second kappa shape index (κ2) is 8.17. The number of aryl methyl sites for hydroxylation is 1. The third-order valence-electron chi connectivity index (χ3n) is 4.32. The summed E-state index contributed by atoms with van der Waals surface area (Å²) >= 11 is 7.66. The number of tetrazole rings is 1. The number of rotatable bonds is 6. The fourth-order valence-corrected chi connectivity index (χ4v) is 4.33. The van der Waals surface area contributed by atoms with E-state index in [0.29, 0.717) is 27.4 Å². The Bertz CT molecular complexity index is 1300. The van der Waals surface area contributed by atoms with E-state index in [0.717, 1.165) is 11.3 Å². The Kier molecular flexibility index (Phi) is 5.58. The number of thioether (sulfide) groups is 1. The maximum Gasteiger partial charge on any atom is 0.196 e. The number of benzene rings is 2. The standard InChI is InChI=1S/C18H16ClN7O2S2/c1-12-3-4-14(9-16(12)19)25-11-20-22-18(25)29-10-17-21-23-24-26(17)13-5-7-15(8-6-13)30(2,27)28/h3-9,11H,10H2,1-2H3. The highest BCUT2D eigenvalue weighted by Gasteiger charge is 2.14. The molecule has 2 heterocycles. The van der Waals surface area contributed by atoms with Crippen molar-refractivity contribution in [3.8, 4) is 11.4 Å². The van der Waals surface area contributed by atoms with Gasteiger partial charge in [0, 0.05) is 11.3 Å². The van der Waals surface area contributed by atoms with Crippen LogP contribution in [-0.4, -0.2) is 49.6 Å². The van der Waals surface area contributed by atoms with Crippen molar-refractivity contribution in [2.24, 2.45) is 0 Å². The zero-order valence-corrected chi connectivity index (χ0v) is 18.4. The molecule has 30 heavy (non-hydrogen) atoms. The first-order valence-corrected chi connectivity index (χ1v) is 12.0. The average Bonchev–Trinajstić information content (AvgIpc) is 3.37. The predicted octanol–water partition coefficient (Wildman–Crippen LogP) is 2.90. The minimum absolute atomic E-state index is 0.236. The van der Waals surface area contributed by atoms with E-state index in [4.69, 9.17) is 11.6 Å². The molecule has 0 aliphatic carbocycles. The van der Waals surface area contributed by atoms with E-state index in [-0.39, 0.29) is 4.90 Å². The summed E-state index contributed by atoms with van der Waals surface area (Å²) in [6.07, 6.45) is 2.79. The second-order valence-electron chi connectivity index (χ2n) is 6.48. The van der Waals surface area contributed by atoms with Crippen molar-refractivity contribution in [1.29, 1.82) is 0 Å². The summed E-state index contributed by atoms with van der Waals surface area (Å²) in [4.78, 5) is 0.236. The van der Waals surface area contributed by atoms with Crippen LogP contribution in [0.15, 0.2) is 58.8 Å². The van der Waals surface area contributed by atoms with E-state index in [1.165, 1.54) is 30.2 Å². The van der Waals surface area contributed by atoms with E-state index in [1.54, 1.807) is 23.1 Å². The summed E-state index contributed by atoms with van der Waals surface area (Å²) in [6, 6.07) is 12.1. The van der Waals surface area contributed by atoms with E-state index in [9.17, 15) is 8.42 Å². The van der Waals surface area contributed by atoms with Gasteiger partial charge < -0.3 is 0 Å². The molecule has 4 aromatic rings. The smallest absolute Gasteiger partial charge is 0.196 e. The minimum atomic E-state index is -3.27. The highest BCUT2D eigenvalue weighted by Crippen LogP contribution is 2.26. The molecule has 0 spiro atoms. The van der Waals surface area contributed by atoms with Gasteiger partial charge in [-0.05, 0) is 59.3 Å². The molecule has 0 fully saturated rings. The minimum Gasteiger partial charge on any atom is -0.277 e. The molecule has 0 radical (unpaired) electrons. The lowest BCUT2D eigenvalue weighted by molar-refractivity contribution is 0.602. The lowest BCUT2D eigenvalue weighted by Crippen LogP contribution is -2.04. The van der Waals surface area contributed by atoms with Gasteiger partial charge in [-0.1, -0.05) is 29.4 Å². The van der Waals surface area contributed by atoms with Gasteiger partial charge in [-0.2, -0.15) is 4.68 Å². The van der Waals surface area contributed by atoms with Crippen LogP contribution in [0, 0.1) is 6.92 Å². The third kappa shape index (κ3) is 4.23. The van der Waals surface area contributed by atoms with Crippen molar-refractivity contribution in [2.75, 3.05) is 6.26 Å². The van der Waals surface area contributed by atoms with Crippen molar-refractivity contribution in [3.63, 3.8) is 0 Å². The molecule has 0 N–H and O–H groups in total. The maximum atomic E-state index is 11.6. The molecule has 2 aromatic heterocycles. The van der Waals surface area contributed by atoms with E-state index in [2.05, 4.69) is 25.7 Å². The molecule has 0 atom stereocenters. The molecule has 12 heteroatoms. The highest BCUT2D eigenvalue weighted by atomic mass is 35.5.